The fourth-order valence-corrected chi connectivity index (χ4v) is 2.53. The highest BCUT2D eigenvalue weighted by molar-refractivity contribution is 5.85. The number of unbranched alkanes of at least 4 members (excludes halogenated alkanes) is 1. The molecule has 4 nitrogen and oxygen atoms in total. The second-order valence-electron chi connectivity index (χ2n) is 5.71. The average molecular weight is 327 g/mol. The molecule has 0 bridgehead atoms. The number of rotatable bonds is 8. The predicted molar refractivity (Wildman–Crippen MR) is 91.8 cm³/mol. The fourth-order valence-electron chi connectivity index (χ4n) is 2.53. The van der Waals surface area contributed by atoms with Crippen LogP contribution in [0.15, 0.2) is 24.3 Å². The number of aryl methyl sites for hydroxylation is 1. The van der Waals surface area contributed by atoms with E-state index in [1.807, 2.05) is 31.2 Å². The van der Waals surface area contributed by atoms with Crippen molar-refractivity contribution in [3.8, 4) is 5.75 Å². The highest BCUT2D eigenvalue weighted by atomic mass is 35.5. The summed E-state index contributed by atoms with van der Waals surface area (Å²) in [5, 5.41) is 2.91. The molecule has 1 aromatic carbocycles. The molecule has 1 heterocycles. The van der Waals surface area contributed by atoms with Crippen LogP contribution in [0.3, 0.4) is 0 Å². The van der Waals surface area contributed by atoms with Gasteiger partial charge >= 0.3 is 0 Å². The number of nitrogens with zero attached hydrogens (tertiary/aromatic N) is 1. The van der Waals surface area contributed by atoms with Gasteiger partial charge in [0, 0.05) is 6.54 Å². The molecule has 1 aromatic rings. The standard InChI is InChI=1S/C17H26N2O2.ClH/c1-15-6-8-16(9-7-15)21-14-17(20)18-10-2-3-11-19-12-4-5-13-19;/h6-9H,2-5,10-14H2,1H3,(H,18,20);1H. The number of amides is 1. The summed E-state index contributed by atoms with van der Waals surface area (Å²) in [6.07, 6.45) is 4.87. The third kappa shape index (κ3) is 7.14. The van der Waals surface area contributed by atoms with E-state index in [-0.39, 0.29) is 24.9 Å². The zero-order valence-electron chi connectivity index (χ0n) is 13.3. The van der Waals surface area contributed by atoms with Crippen molar-refractivity contribution in [2.75, 3.05) is 32.8 Å². The molecular weight excluding hydrogens is 300 g/mol. The first-order valence-electron chi connectivity index (χ1n) is 7.92. The Morgan fingerprint density at radius 1 is 1.18 bits per heavy atom. The minimum absolute atomic E-state index is 0. The van der Waals surface area contributed by atoms with Gasteiger partial charge in [0.2, 0.25) is 0 Å². The van der Waals surface area contributed by atoms with Crippen molar-refractivity contribution in [3.05, 3.63) is 29.8 Å². The van der Waals surface area contributed by atoms with Crippen LogP contribution < -0.4 is 10.1 Å². The Balaban J connectivity index is 0.00000242. The van der Waals surface area contributed by atoms with Gasteiger partial charge in [-0.3, -0.25) is 4.79 Å². The van der Waals surface area contributed by atoms with E-state index in [0.29, 0.717) is 0 Å². The van der Waals surface area contributed by atoms with Crippen molar-refractivity contribution in [1.29, 1.82) is 0 Å². The minimum atomic E-state index is -0.0447. The van der Waals surface area contributed by atoms with E-state index >= 15 is 0 Å². The van der Waals surface area contributed by atoms with Gasteiger partial charge in [0.15, 0.2) is 6.61 Å². The highest BCUT2D eigenvalue weighted by Crippen LogP contribution is 2.11. The van der Waals surface area contributed by atoms with Crippen molar-refractivity contribution in [1.82, 2.24) is 10.2 Å². The van der Waals surface area contributed by atoms with Crippen molar-refractivity contribution >= 4 is 18.3 Å². The number of carbonyl (C=O) groups excluding carboxylic acids is 1. The summed E-state index contributed by atoms with van der Waals surface area (Å²) in [7, 11) is 0. The third-order valence-electron chi connectivity index (χ3n) is 3.81. The third-order valence-corrected chi connectivity index (χ3v) is 3.81. The molecule has 1 fully saturated rings. The molecule has 5 heteroatoms. The SMILES string of the molecule is Cc1ccc(OCC(=O)NCCCCN2CCCC2)cc1.Cl. The van der Waals surface area contributed by atoms with Gasteiger partial charge in [0.05, 0.1) is 0 Å². The first-order chi connectivity index (χ1) is 10.2. The number of halogens is 1. The largest absolute Gasteiger partial charge is 0.484 e. The number of ether oxygens (including phenoxy) is 1. The van der Waals surface area contributed by atoms with Crippen LogP contribution in [-0.2, 0) is 4.79 Å². The Bertz CT molecular complexity index is 431. The van der Waals surface area contributed by atoms with Crippen LogP contribution in [0.1, 0.15) is 31.2 Å². The fraction of sp³-hybridized carbons (Fsp3) is 0.588. The van der Waals surface area contributed by atoms with Crippen molar-refractivity contribution < 1.29 is 9.53 Å². The number of nitrogens with one attached hydrogen (secondary N) is 1. The van der Waals surface area contributed by atoms with Gasteiger partial charge in [-0.1, -0.05) is 17.7 Å². The lowest BCUT2D eigenvalue weighted by molar-refractivity contribution is -0.123. The molecule has 124 valence electrons. The molecular formula is C17H27ClN2O2. The first-order valence-corrected chi connectivity index (χ1v) is 7.92. The van der Waals surface area contributed by atoms with Crippen molar-refractivity contribution in [3.63, 3.8) is 0 Å². The zero-order valence-corrected chi connectivity index (χ0v) is 14.2. The van der Waals surface area contributed by atoms with Gasteiger partial charge in [-0.2, -0.15) is 0 Å². The Kier molecular flexibility index (Phi) is 8.94. The molecule has 1 saturated heterocycles. The lowest BCUT2D eigenvalue weighted by atomic mass is 10.2. The number of carbonyl (C=O) groups is 1. The summed E-state index contributed by atoms with van der Waals surface area (Å²) >= 11 is 0. The molecule has 22 heavy (non-hydrogen) atoms. The normalized spacial score (nSPS) is 14.4. The molecule has 0 spiro atoms. The zero-order chi connectivity index (χ0) is 14.9. The monoisotopic (exact) mass is 326 g/mol. The molecule has 0 unspecified atom stereocenters. The molecule has 0 radical (unpaired) electrons. The summed E-state index contributed by atoms with van der Waals surface area (Å²) in [4.78, 5) is 14.2. The molecule has 1 amide bonds. The maximum Gasteiger partial charge on any atom is 0.257 e. The first kappa shape index (κ1) is 18.8. The molecule has 1 aliphatic rings. The van der Waals surface area contributed by atoms with E-state index in [9.17, 15) is 4.79 Å². The molecule has 1 aliphatic heterocycles. The minimum Gasteiger partial charge on any atom is -0.484 e. The maximum absolute atomic E-state index is 11.7. The Labute approximate surface area is 139 Å². The van der Waals surface area contributed by atoms with Gasteiger partial charge in [-0.15, -0.1) is 12.4 Å². The summed E-state index contributed by atoms with van der Waals surface area (Å²) in [6.45, 7) is 6.51. The Morgan fingerprint density at radius 3 is 2.55 bits per heavy atom. The second kappa shape index (κ2) is 10.5. The van der Waals surface area contributed by atoms with E-state index in [1.165, 1.54) is 31.5 Å². The van der Waals surface area contributed by atoms with Gasteiger partial charge in [-0.25, -0.2) is 0 Å². The lowest BCUT2D eigenvalue weighted by Crippen LogP contribution is -2.30. The van der Waals surface area contributed by atoms with Crippen LogP contribution in [0.4, 0.5) is 0 Å². The van der Waals surface area contributed by atoms with E-state index in [0.717, 1.165) is 31.7 Å². The van der Waals surface area contributed by atoms with Crippen LogP contribution in [0.25, 0.3) is 0 Å². The molecule has 0 aliphatic carbocycles. The molecule has 2 rings (SSSR count). The summed E-state index contributed by atoms with van der Waals surface area (Å²) < 4.78 is 5.44. The van der Waals surface area contributed by atoms with Crippen molar-refractivity contribution in [2.45, 2.75) is 32.6 Å². The highest BCUT2D eigenvalue weighted by Gasteiger charge is 2.10. The molecule has 1 N–H and O–H groups in total. The van der Waals surface area contributed by atoms with Gasteiger partial charge in [-0.05, 0) is 64.4 Å². The number of hydrogen-bond acceptors (Lipinski definition) is 3. The summed E-state index contributed by atoms with van der Waals surface area (Å²) in [5.41, 5.74) is 1.19. The Morgan fingerprint density at radius 2 is 1.86 bits per heavy atom. The smallest absolute Gasteiger partial charge is 0.257 e. The predicted octanol–water partition coefficient (Wildman–Crippen LogP) is 2.79. The average Bonchev–Trinajstić information content (AvgIpc) is 2.99. The van der Waals surface area contributed by atoms with E-state index in [4.69, 9.17) is 4.74 Å². The number of likely N-dealkylation sites (tertiary alicyclic amines) is 1. The van der Waals surface area contributed by atoms with Crippen LogP contribution in [0.2, 0.25) is 0 Å². The number of benzene rings is 1. The van der Waals surface area contributed by atoms with Gasteiger partial charge < -0.3 is 15.0 Å². The lowest BCUT2D eigenvalue weighted by Gasteiger charge is -2.14. The topological polar surface area (TPSA) is 41.6 Å². The number of hydrogen-bond donors (Lipinski definition) is 1. The summed E-state index contributed by atoms with van der Waals surface area (Å²) in [5.74, 6) is 0.696. The van der Waals surface area contributed by atoms with Crippen LogP contribution in [0, 0.1) is 6.92 Å². The van der Waals surface area contributed by atoms with Crippen LogP contribution in [-0.4, -0.2) is 43.6 Å². The second-order valence-corrected chi connectivity index (χ2v) is 5.71. The van der Waals surface area contributed by atoms with Crippen LogP contribution >= 0.6 is 12.4 Å². The molecule has 0 aromatic heterocycles. The maximum atomic E-state index is 11.7. The van der Waals surface area contributed by atoms with Gasteiger partial charge in [0.1, 0.15) is 5.75 Å². The quantitative estimate of drug-likeness (QED) is 0.747. The van der Waals surface area contributed by atoms with E-state index < -0.39 is 0 Å². The van der Waals surface area contributed by atoms with E-state index in [1.54, 1.807) is 0 Å². The van der Waals surface area contributed by atoms with Gasteiger partial charge in [0.25, 0.3) is 5.91 Å². The summed E-state index contributed by atoms with van der Waals surface area (Å²) in [6, 6.07) is 7.73. The molecule has 0 atom stereocenters. The van der Waals surface area contributed by atoms with Crippen molar-refractivity contribution in [2.24, 2.45) is 0 Å². The van der Waals surface area contributed by atoms with E-state index in [2.05, 4.69) is 10.2 Å². The Hall–Kier alpha value is -1.26. The molecule has 0 saturated carbocycles. The van der Waals surface area contributed by atoms with Crippen LogP contribution in [0.5, 0.6) is 5.75 Å².